The number of hydrogen-bond acceptors (Lipinski definition) is 10. The maximum Gasteiger partial charge on any atom is 0.305 e. The van der Waals surface area contributed by atoms with Gasteiger partial charge in [-0.05, 0) is 63.7 Å². The summed E-state index contributed by atoms with van der Waals surface area (Å²) in [5.74, 6) is -5.18. The Labute approximate surface area is 266 Å². The Hall–Kier alpha value is -4.28. The van der Waals surface area contributed by atoms with Gasteiger partial charge in [0.05, 0.1) is 19.1 Å². The maximum atomic E-state index is 13.6. The first-order chi connectivity index (χ1) is 22.0. The number of nitrogens with one attached hydrogen (secondary N) is 5. The van der Waals surface area contributed by atoms with Gasteiger partial charge in [0.15, 0.2) is 0 Å². The standard InChI is InChI=1S/C30H45N7O9/c1-2-32-26(42)20-13-17-8-9-24(39)18(12-17)15-37-11-5-7-23(37)30(46)36-22(16-38)29(45)35-21(14-25(40)41)28(44)33-19(27(43)34-20)6-3-4-10-31/h8-9,12,19-23,38-39H,2-7,10-11,13-16,31H2,1H3,(H,32,42)(H,33,44)(H,34,43)(H,35,45)(H,36,46)(H,40,41)/t19?,20?,21-,22-,23-/m0/s1. The molecule has 1 saturated heterocycles. The van der Waals surface area contributed by atoms with Crippen LogP contribution in [0.3, 0.4) is 0 Å². The summed E-state index contributed by atoms with van der Waals surface area (Å²) in [5, 5.41) is 42.7. The summed E-state index contributed by atoms with van der Waals surface area (Å²) in [5.41, 5.74) is 6.71. The molecule has 5 amide bonds. The fraction of sp³-hybridized carbons (Fsp3) is 0.600. The fourth-order valence-electron chi connectivity index (χ4n) is 5.59. The number of aliphatic carboxylic acids is 1. The number of unbranched alkanes of at least 4 members (excludes halogenated alkanes) is 1. The number of phenols is 1. The Morgan fingerprint density at radius 3 is 2.33 bits per heavy atom. The van der Waals surface area contributed by atoms with E-state index in [1.54, 1.807) is 19.1 Å². The highest BCUT2D eigenvalue weighted by Gasteiger charge is 2.36. The molecule has 254 valence electrons. The summed E-state index contributed by atoms with van der Waals surface area (Å²) in [6.07, 6.45) is 1.29. The maximum absolute atomic E-state index is 13.6. The van der Waals surface area contributed by atoms with Crippen molar-refractivity contribution in [3.05, 3.63) is 29.3 Å². The van der Waals surface area contributed by atoms with E-state index in [-0.39, 0.29) is 31.7 Å². The Morgan fingerprint density at radius 2 is 1.65 bits per heavy atom. The van der Waals surface area contributed by atoms with E-state index in [0.29, 0.717) is 49.9 Å². The van der Waals surface area contributed by atoms with E-state index in [1.165, 1.54) is 6.07 Å². The van der Waals surface area contributed by atoms with E-state index in [1.807, 2.05) is 4.90 Å². The molecule has 1 fully saturated rings. The van der Waals surface area contributed by atoms with E-state index < -0.39 is 78.7 Å². The number of carbonyl (C=O) groups excluding carboxylic acids is 5. The molecule has 0 aliphatic carbocycles. The second-order valence-electron chi connectivity index (χ2n) is 11.5. The predicted molar refractivity (Wildman–Crippen MR) is 164 cm³/mol. The number of fused-ring (bicyclic) bond motifs is 3. The van der Waals surface area contributed by atoms with Crippen molar-refractivity contribution in [2.45, 2.75) is 88.6 Å². The highest BCUT2D eigenvalue weighted by atomic mass is 16.4. The van der Waals surface area contributed by atoms with Gasteiger partial charge in [0.25, 0.3) is 0 Å². The zero-order valence-electron chi connectivity index (χ0n) is 25.9. The van der Waals surface area contributed by atoms with Crippen LogP contribution in [0.4, 0.5) is 0 Å². The Morgan fingerprint density at radius 1 is 0.978 bits per heavy atom. The summed E-state index contributed by atoms with van der Waals surface area (Å²) < 4.78 is 0. The molecule has 2 aliphatic heterocycles. The molecular weight excluding hydrogens is 602 g/mol. The van der Waals surface area contributed by atoms with E-state index >= 15 is 0 Å². The number of carbonyl (C=O) groups is 6. The SMILES string of the molecule is CCNC(=O)C1Cc2ccc(O)c(c2)CN2CCC[C@H]2C(=O)N[C@@H](CO)C(=O)N[C@@H](CC(=O)O)C(=O)NC(CCCCN)C(=O)N1. The fourth-order valence-corrected chi connectivity index (χ4v) is 5.59. The van der Waals surface area contributed by atoms with Crippen molar-refractivity contribution < 1.29 is 44.1 Å². The molecule has 46 heavy (non-hydrogen) atoms. The van der Waals surface area contributed by atoms with Crippen molar-refractivity contribution in [2.24, 2.45) is 5.73 Å². The van der Waals surface area contributed by atoms with Gasteiger partial charge in [-0.3, -0.25) is 33.7 Å². The van der Waals surface area contributed by atoms with Gasteiger partial charge in [0.1, 0.15) is 29.9 Å². The Bertz CT molecular complexity index is 1280. The third kappa shape index (κ3) is 10.1. The molecule has 1 aromatic carbocycles. The second-order valence-corrected chi connectivity index (χ2v) is 11.5. The van der Waals surface area contributed by atoms with Crippen molar-refractivity contribution in [2.75, 3.05) is 26.2 Å². The lowest BCUT2D eigenvalue weighted by Crippen LogP contribution is -2.59. The molecule has 2 bridgehead atoms. The molecule has 2 heterocycles. The summed E-state index contributed by atoms with van der Waals surface area (Å²) >= 11 is 0. The molecule has 1 aromatic rings. The number of amides is 5. The summed E-state index contributed by atoms with van der Waals surface area (Å²) in [6, 6.07) is -1.38. The topological polar surface area (TPSA) is 253 Å². The largest absolute Gasteiger partial charge is 0.508 e. The average molecular weight is 648 g/mol. The number of carboxylic acids is 1. The number of benzene rings is 1. The van der Waals surface area contributed by atoms with E-state index in [0.717, 1.165) is 0 Å². The molecule has 3 rings (SSSR count). The smallest absolute Gasteiger partial charge is 0.305 e. The molecule has 16 nitrogen and oxygen atoms in total. The van der Waals surface area contributed by atoms with Crippen LogP contribution in [0.15, 0.2) is 18.2 Å². The molecule has 2 aliphatic rings. The number of rotatable bonds is 9. The molecule has 0 spiro atoms. The van der Waals surface area contributed by atoms with Gasteiger partial charge in [-0.15, -0.1) is 0 Å². The van der Waals surface area contributed by atoms with Gasteiger partial charge in [0.2, 0.25) is 29.5 Å². The Balaban J connectivity index is 2.04. The average Bonchev–Trinajstić information content (AvgIpc) is 3.47. The van der Waals surface area contributed by atoms with Gasteiger partial charge >= 0.3 is 5.97 Å². The van der Waals surface area contributed by atoms with Crippen LogP contribution in [0.5, 0.6) is 5.75 Å². The van der Waals surface area contributed by atoms with Gasteiger partial charge in [-0.25, -0.2) is 0 Å². The van der Waals surface area contributed by atoms with Crippen molar-refractivity contribution >= 4 is 35.5 Å². The lowest BCUT2D eigenvalue weighted by Gasteiger charge is -2.27. The normalized spacial score (nSPS) is 25.1. The van der Waals surface area contributed by atoms with Gasteiger partial charge in [-0.2, -0.15) is 0 Å². The van der Waals surface area contributed by atoms with Crippen LogP contribution in [0.25, 0.3) is 0 Å². The number of aliphatic hydroxyl groups excluding tert-OH is 1. The first-order valence-corrected chi connectivity index (χ1v) is 15.5. The van der Waals surface area contributed by atoms with E-state index in [9.17, 15) is 44.1 Å². The molecular formula is C30H45N7O9. The number of likely N-dealkylation sites (N-methyl/N-ethyl adjacent to an activating group) is 1. The quantitative estimate of drug-likeness (QED) is 0.128. The minimum absolute atomic E-state index is 0.0286. The molecule has 10 N–H and O–H groups in total. The van der Waals surface area contributed by atoms with Crippen molar-refractivity contribution in [3.8, 4) is 5.75 Å². The lowest BCUT2D eigenvalue weighted by molar-refractivity contribution is -0.142. The molecule has 0 radical (unpaired) electrons. The lowest BCUT2D eigenvalue weighted by atomic mass is 10.0. The number of phenolic OH excluding ortho intramolecular Hbond substituents is 1. The number of carboxylic acid groups (broad SMARTS) is 1. The van der Waals surface area contributed by atoms with Crippen LogP contribution in [-0.2, 0) is 41.7 Å². The van der Waals surface area contributed by atoms with Gasteiger partial charge < -0.3 is 47.6 Å². The van der Waals surface area contributed by atoms with E-state index in [4.69, 9.17) is 5.73 Å². The third-order valence-electron chi connectivity index (χ3n) is 8.01. The van der Waals surface area contributed by atoms with Crippen LogP contribution in [0.1, 0.15) is 56.6 Å². The number of hydrogen-bond donors (Lipinski definition) is 9. The first-order valence-electron chi connectivity index (χ1n) is 15.5. The summed E-state index contributed by atoms with van der Waals surface area (Å²) in [7, 11) is 0. The number of nitrogens with zero attached hydrogens (tertiary/aromatic N) is 1. The van der Waals surface area contributed by atoms with Crippen LogP contribution in [-0.4, -0.2) is 112 Å². The van der Waals surface area contributed by atoms with Crippen molar-refractivity contribution in [1.29, 1.82) is 0 Å². The highest BCUT2D eigenvalue weighted by molar-refractivity contribution is 5.97. The number of aliphatic hydroxyl groups is 1. The summed E-state index contributed by atoms with van der Waals surface area (Å²) in [4.78, 5) is 79.9. The highest BCUT2D eigenvalue weighted by Crippen LogP contribution is 2.26. The second kappa shape index (κ2) is 17.4. The predicted octanol–water partition coefficient (Wildman–Crippen LogP) is -2.42. The minimum Gasteiger partial charge on any atom is -0.508 e. The minimum atomic E-state index is -1.66. The third-order valence-corrected chi connectivity index (χ3v) is 8.01. The molecule has 0 saturated carbocycles. The van der Waals surface area contributed by atoms with Crippen LogP contribution in [0.2, 0.25) is 0 Å². The van der Waals surface area contributed by atoms with Crippen LogP contribution in [0, 0.1) is 0 Å². The summed E-state index contributed by atoms with van der Waals surface area (Å²) in [6.45, 7) is 2.15. The Kier molecular flexibility index (Phi) is 13.7. The zero-order chi connectivity index (χ0) is 33.8. The molecule has 0 aromatic heterocycles. The zero-order valence-corrected chi connectivity index (χ0v) is 25.9. The molecule has 16 heteroatoms. The van der Waals surface area contributed by atoms with Gasteiger partial charge in [0, 0.05) is 25.1 Å². The molecule has 2 unspecified atom stereocenters. The molecule has 5 atom stereocenters. The van der Waals surface area contributed by atoms with Crippen molar-refractivity contribution in [1.82, 2.24) is 31.5 Å². The van der Waals surface area contributed by atoms with Gasteiger partial charge in [-0.1, -0.05) is 12.1 Å². The monoisotopic (exact) mass is 647 g/mol. The van der Waals surface area contributed by atoms with Crippen molar-refractivity contribution in [3.63, 3.8) is 0 Å². The van der Waals surface area contributed by atoms with Crippen LogP contribution >= 0.6 is 0 Å². The van der Waals surface area contributed by atoms with E-state index in [2.05, 4.69) is 26.6 Å². The number of nitrogens with two attached hydrogens (primary N) is 1. The first kappa shape index (κ1) is 36.2. The number of aromatic hydroxyl groups is 1. The van der Waals surface area contributed by atoms with Crippen LogP contribution < -0.4 is 32.3 Å².